The molecule has 0 aliphatic heterocycles. The van der Waals surface area contributed by atoms with Gasteiger partial charge < -0.3 is 9.47 Å². The van der Waals surface area contributed by atoms with Gasteiger partial charge in [0.15, 0.2) is 11.5 Å². The monoisotopic (exact) mass is 321 g/mol. The number of rotatable bonds is 7. The first-order valence-corrected chi connectivity index (χ1v) is 8.44. The van der Waals surface area contributed by atoms with Gasteiger partial charge in [0.2, 0.25) is 0 Å². The molecule has 0 aliphatic rings. The van der Waals surface area contributed by atoms with Crippen LogP contribution in [-0.4, -0.2) is 12.1 Å². The van der Waals surface area contributed by atoms with Gasteiger partial charge in [-0.3, -0.25) is 0 Å². The normalized spacial score (nSPS) is 10.8. The van der Waals surface area contributed by atoms with Crippen LogP contribution in [0.4, 0.5) is 0 Å². The highest BCUT2D eigenvalue weighted by Crippen LogP contribution is 2.29. The molecular weight excluding hydrogens is 298 g/mol. The molecule has 0 bridgehead atoms. The van der Waals surface area contributed by atoms with Gasteiger partial charge in [0.1, 0.15) is 6.61 Å². The Morgan fingerprint density at radius 1 is 0.958 bits per heavy atom. The molecule has 0 amide bonds. The van der Waals surface area contributed by atoms with Crippen molar-refractivity contribution >= 4 is 10.9 Å². The Kier molecular flexibility index (Phi) is 5.32. The van der Waals surface area contributed by atoms with E-state index in [2.05, 4.69) is 36.2 Å². The summed E-state index contributed by atoms with van der Waals surface area (Å²) in [5.74, 6) is 1.54. The van der Waals surface area contributed by atoms with E-state index in [0.29, 0.717) is 6.61 Å². The van der Waals surface area contributed by atoms with E-state index in [1.807, 2.05) is 30.3 Å². The molecule has 3 heteroatoms. The molecule has 0 spiro atoms. The van der Waals surface area contributed by atoms with Gasteiger partial charge in [-0.15, -0.1) is 0 Å². The molecule has 0 atom stereocenters. The maximum atomic E-state index is 5.93. The summed E-state index contributed by atoms with van der Waals surface area (Å²) in [4.78, 5) is 4.64. The fourth-order valence-electron chi connectivity index (χ4n) is 2.71. The minimum atomic E-state index is 0.426. The predicted molar refractivity (Wildman–Crippen MR) is 97.7 cm³/mol. The van der Waals surface area contributed by atoms with E-state index in [0.717, 1.165) is 34.5 Å². The Hall–Kier alpha value is -2.55. The van der Waals surface area contributed by atoms with E-state index in [9.17, 15) is 0 Å². The molecule has 124 valence electrons. The Labute approximate surface area is 143 Å². The van der Waals surface area contributed by atoms with Crippen LogP contribution in [0.15, 0.2) is 54.6 Å². The first-order valence-electron chi connectivity index (χ1n) is 8.44. The molecular formula is C21H23NO2. The van der Waals surface area contributed by atoms with Crippen LogP contribution in [0.2, 0.25) is 0 Å². The van der Waals surface area contributed by atoms with Crippen molar-refractivity contribution in [2.75, 3.05) is 7.11 Å². The Balaban J connectivity index is 1.72. The molecule has 0 aliphatic carbocycles. The molecule has 3 aromatic rings. The number of aromatic nitrogens is 1. The van der Waals surface area contributed by atoms with Crippen molar-refractivity contribution in [3.63, 3.8) is 0 Å². The SMILES string of the molecule is CCCCc1ccc(OCc2ccc3ccccc3n2)c(OC)c1. The fourth-order valence-corrected chi connectivity index (χ4v) is 2.71. The number of nitrogens with zero attached hydrogens (tertiary/aromatic N) is 1. The second-order valence-corrected chi connectivity index (χ2v) is 5.87. The molecule has 24 heavy (non-hydrogen) atoms. The van der Waals surface area contributed by atoms with E-state index in [1.165, 1.54) is 18.4 Å². The summed E-state index contributed by atoms with van der Waals surface area (Å²) < 4.78 is 11.4. The predicted octanol–water partition coefficient (Wildman–Crippen LogP) is 5.17. The molecule has 3 rings (SSSR count). The summed E-state index contributed by atoms with van der Waals surface area (Å²) in [5, 5.41) is 1.14. The molecule has 0 saturated heterocycles. The van der Waals surface area contributed by atoms with Crippen molar-refractivity contribution in [3.8, 4) is 11.5 Å². The van der Waals surface area contributed by atoms with Crippen LogP contribution in [0.25, 0.3) is 10.9 Å². The zero-order valence-electron chi connectivity index (χ0n) is 14.3. The largest absolute Gasteiger partial charge is 0.493 e. The number of ether oxygens (including phenoxy) is 2. The number of aryl methyl sites for hydroxylation is 1. The summed E-state index contributed by atoms with van der Waals surface area (Å²) in [5.41, 5.74) is 3.18. The first kappa shape index (κ1) is 16.3. The average Bonchev–Trinajstić information content (AvgIpc) is 2.64. The molecule has 0 saturated carbocycles. The number of fused-ring (bicyclic) bond motifs is 1. The van der Waals surface area contributed by atoms with Crippen LogP contribution in [0.3, 0.4) is 0 Å². The topological polar surface area (TPSA) is 31.4 Å². The number of benzene rings is 2. The average molecular weight is 321 g/mol. The van der Waals surface area contributed by atoms with E-state index < -0.39 is 0 Å². The quantitative estimate of drug-likeness (QED) is 0.602. The molecule has 2 aromatic carbocycles. The molecule has 0 radical (unpaired) electrons. The van der Waals surface area contributed by atoms with Crippen LogP contribution in [0, 0.1) is 0 Å². The highest BCUT2D eigenvalue weighted by atomic mass is 16.5. The molecule has 0 unspecified atom stereocenters. The third-order valence-corrected chi connectivity index (χ3v) is 4.08. The highest BCUT2D eigenvalue weighted by Gasteiger charge is 2.07. The molecule has 3 nitrogen and oxygen atoms in total. The van der Waals surface area contributed by atoms with Gasteiger partial charge in [-0.2, -0.15) is 0 Å². The fraction of sp³-hybridized carbons (Fsp3) is 0.286. The Bertz CT molecular complexity index is 814. The van der Waals surface area contributed by atoms with Crippen molar-refractivity contribution in [1.29, 1.82) is 0 Å². The maximum Gasteiger partial charge on any atom is 0.161 e. The van der Waals surface area contributed by atoms with Gasteiger partial charge in [-0.05, 0) is 42.7 Å². The van der Waals surface area contributed by atoms with Crippen LogP contribution < -0.4 is 9.47 Å². The van der Waals surface area contributed by atoms with Gasteiger partial charge in [-0.1, -0.05) is 43.7 Å². The lowest BCUT2D eigenvalue weighted by molar-refractivity contribution is 0.281. The number of hydrogen-bond acceptors (Lipinski definition) is 3. The van der Waals surface area contributed by atoms with Crippen LogP contribution in [-0.2, 0) is 13.0 Å². The van der Waals surface area contributed by atoms with Crippen molar-refractivity contribution in [3.05, 3.63) is 65.9 Å². The molecule has 0 fully saturated rings. The number of pyridine rings is 1. The van der Waals surface area contributed by atoms with Crippen molar-refractivity contribution in [2.45, 2.75) is 32.8 Å². The van der Waals surface area contributed by atoms with E-state index in [4.69, 9.17) is 9.47 Å². The van der Waals surface area contributed by atoms with Gasteiger partial charge in [-0.25, -0.2) is 4.98 Å². The standard InChI is InChI=1S/C21H23NO2/c1-3-4-7-16-10-13-20(21(14-16)23-2)24-15-18-12-11-17-8-5-6-9-19(17)22-18/h5-6,8-14H,3-4,7,15H2,1-2H3. The summed E-state index contributed by atoms with van der Waals surface area (Å²) in [6.07, 6.45) is 3.44. The summed E-state index contributed by atoms with van der Waals surface area (Å²) in [6, 6.07) is 18.3. The number of hydrogen-bond donors (Lipinski definition) is 0. The van der Waals surface area contributed by atoms with E-state index in [-0.39, 0.29) is 0 Å². The lowest BCUT2D eigenvalue weighted by atomic mass is 10.1. The van der Waals surface area contributed by atoms with Gasteiger partial charge in [0, 0.05) is 5.39 Å². The molecule has 1 heterocycles. The van der Waals surface area contributed by atoms with Crippen molar-refractivity contribution < 1.29 is 9.47 Å². The number of methoxy groups -OCH3 is 1. The maximum absolute atomic E-state index is 5.93. The smallest absolute Gasteiger partial charge is 0.161 e. The second-order valence-electron chi connectivity index (χ2n) is 5.87. The Morgan fingerprint density at radius 3 is 2.67 bits per heavy atom. The van der Waals surface area contributed by atoms with Gasteiger partial charge in [0.25, 0.3) is 0 Å². The van der Waals surface area contributed by atoms with E-state index >= 15 is 0 Å². The summed E-state index contributed by atoms with van der Waals surface area (Å²) in [7, 11) is 1.68. The zero-order valence-corrected chi connectivity index (χ0v) is 14.3. The first-order chi connectivity index (χ1) is 11.8. The molecule has 1 aromatic heterocycles. The minimum absolute atomic E-state index is 0.426. The lowest BCUT2D eigenvalue weighted by Gasteiger charge is -2.12. The summed E-state index contributed by atoms with van der Waals surface area (Å²) in [6.45, 7) is 2.63. The molecule has 0 N–H and O–H groups in total. The Morgan fingerprint density at radius 2 is 1.83 bits per heavy atom. The van der Waals surface area contributed by atoms with Crippen molar-refractivity contribution in [1.82, 2.24) is 4.98 Å². The van der Waals surface area contributed by atoms with Gasteiger partial charge >= 0.3 is 0 Å². The number of unbranched alkanes of at least 4 members (excludes halogenated alkanes) is 1. The third kappa shape index (κ3) is 3.85. The lowest BCUT2D eigenvalue weighted by Crippen LogP contribution is -2.00. The third-order valence-electron chi connectivity index (χ3n) is 4.08. The van der Waals surface area contributed by atoms with Crippen LogP contribution in [0.5, 0.6) is 11.5 Å². The second kappa shape index (κ2) is 7.82. The number of para-hydroxylation sites is 1. The van der Waals surface area contributed by atoms with Crippen molar-refractivity contribution in [2.24, 2.45) is 0 Å². The van der Waals surface area contributed by atoms with Crippen LogP contribution >= 0.6 is 0 Å². The highest BCUT2D eigenvalue weighted by molar-refractivity contribution is 5.78. The van der Waals surface area contributed by atoms with E-state index in [1.54, 1.807) is 7.11 Å². The minimum Gasteiger partial charge on any atom is -0.493 e. The van der Waals surface area contributed by atoms with Gasteiger partial charge in [0.05, 0.1) is 18.3 Å². The summed E-state index contributed by atoms with van der Waals surface area (Å²) >= 11 is 0. The van der Waals surface area contributed by atoms with Crippen LogP contribution in [0.1, 0.15) is 31.0 Å². The zero-order chi connectivity index (χ0) is 16.8.